The first-order valence-electron chi connectivity index (χ1n) is 5.08. The molecule has 0 saturated carbocycles. The molecular weight excluding hydrogens is 272 g/mol. The summed E-state index contributed by atoms with van der Waals surface area (Å²) in [6, 6.07) is 7.65. The molecule has 0 aromatic heterocycles. The number of morpholine rings is 1. The van der Waals surface area contributed by atoms with Crippen LogP contribution in [0.4, 0.5) is 5.69 Å². The van der Waals surface area contributed by atoms with Gasteiger partial charge in [0.05, 0.1) is 12.6 Å². The Labute approximate surface area is 102 Å². The van der Waals surface area contributed by atoms with Crippen LogP contribution in [0.15, 0.2) is 28.7 Å². The number of halogens is 1. The maximum absolute atomic E-state index is 11.7. The Morgan fingerprint density at radius 3 is 3.06 bits per heavy atom. The van der Waals surface area contributed by atoms with E-state index < -0.39 is 0 Å². The molecule has 2 rings (SSSR count). The molecule has 1 aliphatic rings. The lowest BCUT2D eigenvalue weighted by Crippen LogP contribution is -2.49. The molecule has 86 valence electrons. The van der Waals surface area contributed by atoms with Gasteiger partial charge in [0.25, 0.3) is 5.91 Å². The lowest BCUT2D eigenvalue weighted by molar-refractivity contribution is -0.128. The van der Waals surface area contributed by atoms with Crippen molar-refractivity contribution in [1.82, 2.24) is 0 Å². The molecule has 4 nitrogen and oxygen atoms in total. The van der Waals surface area contributed by atoms with Crippen molar-refractivity contribution in [3.8, 4) is 0 Å². The Morgan fingerprint density at radius 2 is 2.38 bits per heavy atom. The van der Waals surface area contributed by atoms with Crippen molar-refractivity contribution in [1.29, 1.82) is 0 Å². The van der Waals surface area contributed by atoms with Crippen molar-refractivity contribution in [2.45, 2.75) is 6.10 Å². The van der Waals surface area contributed by atoms with E-state index in [0.717, 1.165) is 10.2 Å². The van der Waals surface area contributed by atoms with Crippen molar-refractivity contribution in [3.63, 3.8) is 0 Å². The number of hydrogen-bond donors (Lipinski definition) is 1. The van der Waals surface area contributed by atoms with Gasteiger partial charge in [0, 0.05) is 16.7 Å². The molecule has 1 unspecified atom stereocenters. The molecule has 1 atom stereocenters. The Balaban J connectivity index is 2.21. The average molecular weight is 285 g/mol. The summed E-state index contributed by atoms with van der Waals surface area (Å²) in [5.74, 6) is -0.0252. The minimum atomic E-state index is -0.0725. The number of anilines is 1. The van der Waals surface area contributed by atoms with E-state index in [-0.39, 0.29) is 18.6 Å². The number of nitrogens with zero attached hydrogens (tertiary/aromatic N) is 1. The Kier molecular flexibility index (Phi) is 3.58. The predicted molar refractivity (Wildman–Crippen MR) is 65.3 cm³/mol. The molecule has 1 aromatic carbocycles. The van der Waals surface area contributed by atoms with Crippen molar-refractivity contribution in [3.05, 3.63) is 28.7 Å². The zero-order chi connectivity index (χ0) is 11.5. The van der Waals surface area contributed by atoms with Gasteiger partial charge in [0.1, 0.15) is 6.61 Å². The van der Waals surface area contributed by atoms with Crippen LogP contribution >= 0.6 is 15.9 Å². The molecule has 0 radical (unpaired) electrons. The highest BCUT2D eigenvalue weighted by Gasteiger charge is 2.26. The Hall–Kier alpha value is -0.910. The third-order valence-electron chi connectivity index (χ3n) is 2.51. The number of amides is 1. The number of hydrogen-bond acceptors (Lipinski definition) is 3. The highest BCUT2D eigenvalue weighted by molar-refractivity contribution is 9.10. The summed E-state index contributed by atoms with van der Waals surface area (Å²) in [6.45, 7) is 1.05. The van der Waals surface area contributed by atoms with Crippen molar-refractivity contribution < 1.29 is 9.53 Å². The molecule has 0 bridgehead atoms. The quantitative estimate of drug-likeness (QED) is 0.886. The van der Waals surface area contributed by atoms with Crippen LogP contribution in [0.2, 0.25) is 0 Å². The van der Waals surface area contributed by atoms with Crippen LogP contribution in [0.3, 0.4) is 0 Å². The summed E-state index contributed by atoms with van der Waals surface area (Å²) in [7, 11) is 0. The van der Waals surface area contributed by atoms with Gasteiger partial charge in [0.2, 0.25) is 0 Å². The molecule has 1 aliphatic heterocycles. The van der Waals surface area contributed by atoms with Crippen molar-refractivity contribution in [2.75, 3.05) is 24.6 Å². The van der Waals surface area contributed by atoms with E-state index in [1.165, 1.54) is 0 Å². The van der Waals surface area contributed by atoms with Gasteiger partial charge in [-0.05, 0) is 18.2 Å². The first-order valence-corrected chi connectivity index (χ1v) is 5.87. The summed E-state index contributed by atoms with van der Waals surface area (Å²) in [5, 5.41) is 0. The standard InChI is InChI=1S/C11H13BrN2O2/c12-8-2-1-3-9(4-8)14-6-10(5-13)16-7-11(14)15/h1-4,10H,5-7,13H2. The van der Waals surface area contributed by atoms with Crippen molar-refractivity contribution in [2.24, 2.45) is 5.73 Å². The number of carbonyl (C=O) groups is 1. The van der Waals surface area contributed by atoms with E-state index in [2.05, 4.69) is 15.9 Å². The third-order valence-corrected chi connectivity index (χ3v) is 3.01. The second-order valence-corrected chi connectivity index (χ2v) is 4.57. The van der Waals surface area contributed by atoms with E-state index in [9.17, 15) is 4.79 Å². The zero-order valence-corrected chi connectivity index (χ0v) is 10.3. The maximum Gasteiger partial charge on any atom is 0.253 e. The van der Waals surface area contributed by atoms with Crippen molar-refractivity contribution >= 4 is 27.5 Å². The Morgan fingerprint density at radius 1 is 1.56 bits per heavy atom. The summed E-state index contributed by atoms with van der Waals surface area (Å²) < 4.78 is 6.25. The molecule has 16 heavy (non-hydrogen) atoms. The fraction of sp³-hybridized carbons (Fsp3) is 0.364. The smallest absolute Gasteiger partial charge is 0.253 e. The topological polar surface area (TPSA) is 55.6 Å². The summed E-state index contributed by atoms with van der Waals surface area (Å²) in [5.41, 5.74) is 6.42. The molecule has 1 heterocycles. The van der Waals surface area contributed by atoms with Gasteiger partial charge >= 0.3 is 0 Å². The normalized spacial score (nSPS) is 21.2. The number of ether oxygens (including phenoxy) is 1. The SMILES string of the molecule is NCC1CN(c2cccc(Br)c2)C(=O)CO1. The molecule has 1 aromatic rings. The third kappa shape index (κ3) is 2.42. The lowest BCUT2D eigenvalue weighted by Gasteiger charge is -2.32. The largest absolute Gasteiger partial charge is 0.365 e. The number of nitrogens with two attached hydrogens (primary N) is 1. The van der Waals surface area contributed by atoms with E-state index in [4.69, 9.17) is 10.5 Å². The average Bonchev–Trinajstić information content (AvgIpc) is 2.30. The van der Waals surface area contributed by atoms with Crippen LogP contribution in [0, 0.1) is 0 Å². The first kappa shape index (κ1) is 11.6. The maximum atomic E-state index is 11.7. The second-order valence-electron chi connectivity index (χ2n) is 3.65. The zero-order valence-electron chi connectivity index (χ0n) is 8.73. The minimum Gasteiger partial charge on any atom is -0.365 e. The van der Waals surface area contributed by atoms with Crippen LogP contribution < -0.4 is 10.6 Å². The molecule has 1 saturated heterocycles. The highest BCUT2D eigenvalue weighted by Crippen LogP contribution is 2.22. The molecular formula is C11H13BrN2O2. The van der Waals surface area contributed by atoms with Crippen LogP contribution in [0.25, 0.3) is 0 Å². The predicted octanol–water partition coefficient (Wildman–Crippen LogP) is 1.14. The number of benzene rings is 1. The molecule has 2 N–H and O–H groups in total. The summed E-state index contributed by atoms with van der Waals surface area (Å²) >= 11 is 3.39. The lowest BCUT2D eigenvalue weighted by atomic mass is 10.2. The van der Waals surface area contributed by atoms with E-state index in [0.29, 0.717) is 13.1 Å². The molecule has 1 fully saturated rings. The molecule has 0 spiro atoms. The summed E-state index contributed by atoms with van der Waals surface area (Å²) in [4.78, 5) is 13.4. The van der Waals surface area contributed by atoms with E-state index in [1.807, 2.05) is 24.3 Å². The van der Waals surface area contributed by atoms with Crippen LogP contribution in [0.1, 0.15) is 0 Å². The van der Waals surface area contributed by atoms with Gasteiger partial charge in [-0.15, -0.1) is 0 Å². The van der Waals surface area contributed by atoms with Gasteiger partial charge < -0.3 is 15.4 Å². The summed E-state index contributed by atoms with van der Waals surface area (Å²) in [6.07, 6.45) is -0.0725. The van der Waals surface area contributed by atoms with Gasteiger partial charge in [-0.2, -0.15) is 0 Å². The fourth-order valence-corrected chi connectivity index (χ4v) is 2.05. The highest BCUT2D eigenvalue weighted by atomic mass is 79.9. The van der Waals surface area contributed by atoms with Gasteiger partial charge in [0.15, 0.2) is 0 Å². The van der Waals surface area contributed by atoms with Crippen LogP contribution in [-0.2, 0) is 9.53 Å². The minimum absolute atomic E-state index is 0.0252. The fourth-order valence-electron chi connectivity index (χ4n) is 1.66. The van der Waals surface area contributed by atoms with Crippen LogP contribution in [0.5, 0.6) is 0 Å². The van der Waals surface area contributed by atoms with Gasteiger partial charge in [-0.3, -0.25) is 4.79 Å². The molecule has 5 heteroatoms. The van der Waals surface area contributed by atoms with E-state index in [1.54, 1.807) is 4.90 Å². The van der Waals surface area contributed by atoms with Crippen LogP contribution in [-0.4, -0.2) is 31.7 Å². The first-order chi connectivity index (χ1) is 7.70. The number of rotatable bonds is 2. The second kappa shape index (κ2) is 4.95. The number of carbonyl (C=O) groups excluding carboxylic acids is 1. The Bertz CT molecular complexity index is 397. The van der Waals surface area contributed by atoms with E-state index >= 15 is 0 Å². The van der Waals surface area contributed by atoms with Gasteiger partial charge in [-0.1, -0.05) is 22.0 Å². The van der Waals surface area contributed by atoms with Gasteiger partial charge in [-0.25, -0.2) is 0 Å². The molecule has 1 amide bonds. The molecule has 0 aliphatic carbocycles. The monoisotopic (exact) mass is 284 g/mol.